The number of piperazine rings is 1. The Kier molecular flexibility index (Phi) is 12.0. The number of anilines is 1. The van der Waals surface area contributed by atoms with E-state index >= 15 is 0 Å². The van der Waals surface area contributed by atoms with Crippen molar-refractivity contribution in [2.75, 3.05) is 56.7 Å². The highest BCUT2D eigenvalue weighted by Gasteiger charge is 2.46. The molecule has 4 amide bonds. The van der Waals surface area contributed by atoms with Gasteiger partial charge in [0.05, 0.1) is 11.1 Å². The Morgan fingerprint density at radius 3 is 2.10 bits per heavy atom. The monoisotopic (exact) mass is 841 g/mol. The second kappa shape index (κ2) is 17.8. The van der Waals surface area contributed by atoms with Crippen LogP contribution in [0, 0.1) is 5.92 Å². The van der Waals surface area contributed by atoms with Crippen molar-refractivity contribution in [2.24, 2.45) is 5.92 Å². The highest BCUT2D eigenvalue weighted by Crippen LogP contribution is 2.38. The first-order valence-electron chi connectivity index (χ1n) is 21.7. The third-order valence-corrected chi connectivity index (χ3v) is 13.5. The van der Waals surface area contributed by atoms with Crippen molar-refractivity contribution < 1.29 is 29.0 Å². The number of carbonyl (C=O) groups excluding carboxylic acids is 4. The summed E-state index contributed by atoms with van der Waals surface area (Å²) in [5.74, 6) is 0.306. The number of phenols is 1. The zero-order valence-corrected chi connectivity index (χ0v) is 35.1. The third kappa shape index (κ3) is 8.56. The summed E-state index contributed by atoms with van der Waals surface area (Å²) >= 11 is 6.34. The minimum Gasteiger partial charge on any atom is -0.508 e. The number of hydrogen-bond donors (Lipinski definition) is 2. The van der Waals surface area contributed by atoms with Gasteiger partial charge < -0.3 is 14.7 Å². The van der Waals surface area contributed by atoms with E-state index in [9.17, 15) is 24.3 Å². The molecule has 4 fully saturated rings. The number of benzene rings is 4. The maximum Gasteiger partial charge on any atom is 0.262 e. The van der Waals surface area contributed by atoms with Gasteiger partial charge >= 0.3 is 0 Å². The molecule has 61 heavy (non-hydrogen) atoms. The number of nitrogens with zero attached hydrogens (tertiary/aromatic N) is 4. The van der Waals surface area contributed by atoms with E-state index in [0.29, 0.717) is 48.0 Å². The van der Waals surface area contributed by atoms with Gasteiger partial charge in [0.2, 0.25) is 11.8 Å². The lowest BCUT2D eigenvalue weighted by Crippen LogP contribution is -2.55. The minimum absolute atomic E-state index is 0.102. The molecule has 3 unspecified atom stereocenters. The number of hydrogen-bond acceptors (Lipinski definition) is 9. The number of carbonyl (C=O) groups is 4. The van der Waals surface area contributed by atoms with Crippen LogP contribution < -0.4 is 15.0 Å². The second-order valence-electron chi connectivity index (χ2n) is 17.0. The average molecular weight is 842 g/mol. The number of aromatic hydroxyl groups is 1. The van der Waals surface area contributed by atoms with Crippen LogP contribution in [-0.4, -0.2) is 113 Å². The number of rotatable bonds is 13. The molecule has 316 valence electrons. The van der Waals surface area contributed by atoms with Gasteiger partial charge in [-0.05, 0) is 128 Å². The Hall–Kier alpha value is -5.49. The van der Waals surface area contributed by atoms with E-state index in [1.807, 2.05) is 54.6 Å². The van der Waals surface area contributed by atoms with Crippen molar-refractivity contribution in [1.29, 1.82) is 0 Å². The van der Waals surface area contributed by atoms with Crippen LogP contribution in [0.4, 0.5) is 5.69 Å². The summed E-state index contributed by atoms with van der Waals surface area (Å²) in [5, 5.41) is 12.3. The van der Waals surface area contributed by atoms with Gasteiger partial charge in [0.1, 0.15) is 24.1 Å². The lowest BCUT2D eigenvalue weighted by molar-refractivity contribution is -0.136. The normalized spacial score (nSPS) is 22.7. The molecule has 3 atom stereocenters. The number of alkyl halides is 1. The maximum atomic E-state index is 13.5. The van der Waals surface area contributed by atoms with Crippen molar-refractivity contribution in [3.05, 3.63) is 125 Å². The van der Waals surface area contributed by atoms with Gasteiger partial charge in [0.25, 0.3) is 11.8 Å². The largest absolute Gasteiger partial charge is 0.508 e. The summed E-state index contributed by atoms with van der Waals surface area (Å²) in [6, 6.07) is 31.4. The first-order valence-corrected chi connectivity index (χ1v) is 22.2. The molecule has 4 saturated heterocycles. The third-order valence-electron chi connectivity index (χ3n) is 13.3. The van der Waals surface area contributed by atoms with Crippen LogP contribution in [-0.2, 0) is 9.59 Å². The predicted octanol–water partition coefficient (Wildman–Crippen LogP) is 6.83. The SMILES string of the molecule is O=C1CCC(N2C(=O)c3ccc(N4CC5CCC(C4)N5CC4CCN(CCOc5ccc(C(=C(CCCl)c6ccccc6)c6ccc(O)cc6)cc5)CC4)cc3C2=O)C(=O)N1. The molecule has 0 saturated carbocycles. The lowest BCUT2D eigenvalue weighted by atomic mass is 9.88. The molecule has 0 aromatic heterocycles. The van der Waals surface area contributed by atoms with Gasteiger partial charge in [0, 0.05) is 56.3 Å². The zero-order chi connectivity index (χ0) is 42.0. The molecular weight excluding hydrogens is 790 g/mol. The lowest BCUT2D eigenvalue weighted by Gasteiger charge is -2.44. The number of allylic oxidation sites excluding steroid dienone is 1. The fraction of sp³-hybridized carbons (Fsp3) is 0.388. The number of piperidine rings is 2. The zero-order valence-electron chi connectivity index (χ0n) is 34.3. The number of halogens is 1. The average Bonchev–Trinajstić information content (AvgIpc) is 3.65. The van der Waals surface area contributed by atoms with E-state index in [4.69, 9.17) is 16.3 Å². The van der Waals surface area contributed by atoms with E-state index in [1.54, 1.807) is 18.2 Å². The molecule has 5 aliphatic rings. The Labute approximate surface area is 361 Å². The first-order chi connectivity index (χ1) is 29.7. The van der Waals surface area contributed by atoms with Gasteiger partial charge in [-0.1, -0.05) is 54.6 Å². The topological polar surface area (TPSA) is 123 Å². The second-order valence-corrected chi connectivity index (χ2v) is 17.4. The minimum atomic E-state index is -0.963. The molecule has 12 heteroatoms. The summed E-state index contributed by atoms with van der Waals surface area (Å²) in [7, 11) is 0. The number of likely N-dealkylation sites (tertiary alicyclic amines) is 1. The Balaban J connectivity index is 0.760. The molecule has 11 nitrogen and oxygen atoms in total. The van der Waals surface area contributed by atoms with Crippen molar-refractivity contribution in [1.82, 2.24) is 20.0 Å². The highest BCUT2D eigenvalue weighted by atomic mass is 35.5. The number of imide groups is 2. The molecule has 4 aromatic carbocycles. The van der Waals surface area contributed by atoms with Crippen LogP contribution in [0.2, 0.25) is 0 Å². The van der Waals surface area contributed by atoms with E-state index in [0.717, 1.165) is 109 Å². The number of fused-ring (bicyclic) bond motifs is 3. The molecular formula is C49H52ClN5O6. The van der Waals surface area contributed by atoms with Gasteiger partial charge in [-0.25, -0.2) is 0 Å². The first kappa shape index (κ1) is 40.9. The summed E-state index contributed by atoms with van der Waals surface area (Å²) in [6.45, 7) is 6.48. The van der Waals surface area contributed by atoms with Crippen LogP contribution in [0.3, 0.4) is 0 Å². The molecule has 2 bridgehead atoms. The van der Waals surface area contributed by atoms with E-state index in [2.05, 4.69) is 44.3 Å². The number of amides is 4. The van der Waals surface area contributed by atoms with Crippen LogP contribution >= 0.6 is 11.6 Å². The van der Waals surface area contributed by atoms with Crippen molar-refractivity contribution >= 4 is 52.1 Å². The summed E-state index contributed by atoms with van der Waals surface area (Å²) in [6.07, 6.45) is 5.59. The van der Waals surface area contributed by atoms with Crippen molar-refractivity contribution in [3.8, 4) is 11.5 Å². The van der Waals surface area contributed by atoms with Gasteiger partial charge in [-0.3, -0.25) is 39.2 Å². The fourth-order valence-electron chi connectivity index (χ4n) is 10.1. The molecule has 5 aliphatic heterocycles. The molecule has 9 rings (SSSR count). The van der Waals surface area contributed by atoms with Crippen LogP contribution in [0.5, 0.6) is 11.5 Å². The highest BCUT2D eigenvalue weighted by molar-refractivity contribution is 6.23. The molecule has 0 radical (unpaired) electrons. The Morgan fingerprint density at radius 1 is 0.754 bits per heavy atom. The maximum absolute atomic E-state index is 13.5. The number of phenolic OH excluding ortho intramolecular Hbond substituents is 1. The molecule has 0 spiro atoms. The smallest absolute Gasteiger partial charge is 0.262 e. The van der Waals surface area contributed by atoms with Crippen LogP contribution in [0.25, 0.3) is 11.1 Å². The standard InChI is InChI=1S/C49H52ClN5O6/c50-23-20-41(33-4-2-1-3-5-33)46(34-6-13-39(56)14-7-34)35-8-15-40(16-9-35)61-27-26-52-24-21-32(22-25-52)29-54-37-10-11-38(54)31-53(30-37)36-12-17-42-43(28-36)49(60)55(48(42)59)44-18-19-45(57)51-47(44)58/h1-9,12-17,28,32,37-38,44,56H,10-11,18-27,29-31H2,(H,51,57,58). The molecule has 5 heterocycles. The van der Waals surface area contributed by atoms with Crippen molar-refractivity contribution in [3.63, 3.8) is 0 Å². The quantitative estimate of drug-likeness (QED) is 0.0849. The van der Waals surface area contributed by atoms with E-state index in [1.165, 1.54) is 0 Å². The van der Waals surface area contributed by atoms with Gasteiger partial charge in [-0.2, -0.15) is 0 Å². The molecule has 0 aliphatic carbocycles. The Bertz CT molecular complexity index is 2300. The van der Waals surface area contributed by atoms with Crippen LogP contribution in [0.15, 0.2) is 97.1 Å². The van der Waals surface area contributed by atoms with Gasteiger partial charge in [0.15, 0.2) is 0 Å². The summed E-state index contributed by atoms with van der Waals surface area (Å²) < 4.78 is 6.28. The summed E-state index contributed by atoms with van der Waals surface area (Å²) in [5.41, 5.74) is 7.04. The number of nitrogens with one attached hydrogen (secondary N) is 1. The molecule has 4 aromatic rings. The van der Waals surface area contributed by atoms with E-state index in [-0.39, 0.29) is 24.5 Å². The van der Waals surface area contributed by atoms with Crippen molar-refractivity contribution in [2.45, 2.75) is 63.1 Å². The Morgan fingerprint density at radius 2 is 1.43 bits per heavy atom. The fourth-order valence-corrected chi connectivity index (χ4v) is 10.3. The number of ether oxygens (including phenoxy) is 1. The van der Waals surface area contributed by atoms with Crippen LogP contribution in [0.1, 0.15) is 82.4 Å². The summed E-state index contributed by atoms with van der Waals surface area (Å²) in [4.78, 5) is 59.6. The van der Waals surface area contributed by atoms with E-state index < -0.39 is 23.8 Å². The van der Waals surface area contributed by atoms with Gasteiger partial charge in [-0.15, -0.1) is 11.6 Å². The predicted molar refractivity (Wildman–Crippen MR) is 236 cm³/mol. The molecule has 2 N–H and O–H groups in total.